The first-order valence-corrected chi connectivity index (χ1v) is 9.11. The third-order valence-electron chi connectivity index (χ3n) is 3.08. The van der Waals surface area contributed by atoms with Gasteiger partial charge in [0.15, 0.2) is 0 Å². The highest BCUT2D eigenvalue weighted by molar-refractivity contribution is 14.1. The lowest BCUT2D eigenvalue weighted by Gasteiger charge is -2.21. The molecule has 1 aromatic carbocycles. The Morgan fingerprint density at radius 2 is 2.11 bits per heavy atom. The maximum Gasteiger partial charge on any atom is 0.0598 e. The minimum Gasteiger partial charge on any atom is -0.306 e. The molecule has 1 N–H and O–H groups in total. The Kier molecular flexibility index (Phi) is 5.87. The summed E-state index contributed by atoms with van der Waals surface area (Å²) in [4.78, 5) is 1.39. The second kappa shape index (κ2) is 7.20. The molecule has 1 aromatic heterocycles. The summed E-state index contributed by atoms with van der Waals surface area (Å²) in [6.07, 6.45) is 1.14. The number of aryl methyl sites for hydroxylation is 1. The largest absolute Gasteiger partial charge is 0.306 e. The number of benzene rings is 1. The van der Waals surface area contributed by atoms with Gasteiger partial charge in [0.2, 0.25) is 0 Å². The van der Waals surface area contributed by atoms with Crippen LogP contribution in [0, 0.1) is 10.5 Å². The van der Waals surface area contributed by atoms with E-state index in [4.69, 9.17) is 0 Å². The molecule has 0 amide bonds. The highest BCUT2D eigenvalue weighted by Gasteiger charge is 2.18. The quantitative estimate of drug-likeness (QED) is 0.593. The molecule has 2 rings (SSSR count). The van der Waals surface area contributed by atoms with Crippen LogP contribution in [0.1, 0.15) is 35.4 Å². The normalized spacial score (nSPS) is 12.6. The van der Waals surface area contributed by atoms with Crippen LogP contribution in [0.15, 0.2) is 34.1 Å². The summed E-state index contributed by atoms with van der Waals surface area (Å²) in [5, 5.41) is 5.85. The van der Waals surface area contributed by atoms with Crippen molar-refractivity contribution in [2.45, 2.75) is 26.3 Å². The smallest absolute Gasteiger partial charge is 0.0598 e. The summed E-state index contributed by atoms with van der Waals surface area (Å²) in [5.74, 6) is 0. The van der Waals surface area contributed by atoms with E-state index in [9.17, 15) is 0 Å². The zero-order valence-corrected chi connectivity index (χ0v) is 15.6. The molecule has 1 atom stereocenters. The molecule has 1 nitrogen and oxygen atoms in total. The average molecular weight is 450 g/mol. The highest BCUT2D eigenvalue weighted by Crippen LogP contribution is 2.32. The molecule has 0 fully saturated rings. The van der Waals surface area contributed by atoms with Crippen molar-refractivity contribution in [3.8, 4) is 0 Å². The van der Waals surface area contributed by atoms with Gasteiger partial charge in [-0.15, -0.1) is 11.3 Å². The van der Waals surface area contributed by atoms with Gasteiger partial charge >= 0.3 is 0 Å². The predicted octanol–water partition coefficient (Wildman–Crippen LogP) is 5.51. The molecule has 1 unspecified atom stereocenters. The Labute approximate surface area is 141 Å². The van der Waals surface area contributed by atoms with Crippen molar-refractivity contribution in [3.05, 3.63) is 53.7 Å². The van der Waals surface area contributed by atoms with Gasteiger partial charge in [-0.05, 0) is 83.3 Å². The van der Waals surface area contributed by atoms with Crippen LogP contribution >= 0.6 is 49.9 Å². The van der Waals surface area contributed by atoms with Crippen LogP contribution in [0.4, 0.5) is 0 Å². The van der Waals surface area contributed by atoms with Gasteiger partial charge in [0.1, 0.15) is 0 Å². The van der Waals surface area contributed by atoms with Gasteiger partial charge in [0, 0.05) is 12.9 Å². The molecule has 2 aromatic rings. The molecular weight excluding hydrogens is 433 g/mol. The molecule has 0 saturated carbocycles. The summed E-state index contributed by atoms with van der Waals surface area (Å²) in [6, 6.07) is 9.03. The fourth-order valence-corrected chi connectivity index (χ4v) is 3.87. The maximum atomic E-state index is 3.68. The number of halogens is 2. The Balaban J connectivity index is 2.42. The van der Waals surface area contributed by atoms with E-state index < -0.39 is 0 Å². The molecule has 0 aliphatic heterocycles. The average Bonchev–Trinajstić information content (AvgIpc) is 2.80. The second-order valence-corrected chi connectivity index (χ2v) is 7.68. The molecule has 102 valence electrons. The van der Waals surface area contributed by atoms with E-state index in [1.54, 1.807) is 0 Å². The maximum absolute atomic E-state index is 3.68. The number of nitrogens with one attached hydrogen (secondary N) is 1. The molecule has 4 heteroatoms. The summed E-state index contributed by atoms with van der Waals surface area (Å²) < 4.78 is 2.44. The van der Waals surface area contributed by atoms with E-state index >= 15 is 0 Å². The van der Waals surface area contributed by atoms with Crippen LogP contribution < -0.4 is 5.32 Å². The lowest BCUT2D eigenvalue weighted by Crippen LogP contribution is -2.24. The van der Waals surface area contributed by atoms with E-state index in [1.165, 1.54) is 19.6 Å². The third-order valence-corrected chi connectivity index (χ3v) is 5.41. The molecule has 0 spiro atoms. The Morgan fingerprint density at radius 3 is 2.74 bits per heavy atom. The van der Waals surface area contributed by atoms with Gasteiger partial charge in [-0.3, -0.25) is 0 Å². The first kappa shape index (κ1) is 15.5. The second-order valence-electron chi connectivity index (χ2n) is 4.49. The van der Waals surface area contributed by atoms with Crippen LogP contribution in [0.3, 0.4) is 0 Å². The van der Waals surface area contributed by atoms with E-state index in [0.29, 0.717) is 0 Å². The van der Waals surface area contributed by atoms with E-state index in [0.717, 1.165) is 17.4 Å². The van der Waals surface area contributed by atoms with Crippen LogP contribution in [-0.2, 0) is 0 Å². The zero-order chi connectivity index (χ0) is 13.8. The first-order valence-electron chi connectivity index (χ1n) is 6.35. The molecular formula is C15H17BrINS. The summed E-state index contributed by atoms with van der Waals surface area (Å²) >= 11 is 7.83. The summed E-state index contributed by atoms with van der Waals surface area (Å²) in [6.45, 7) is 5.43. The zero-order valence-electron chi connectivity index (χ0n) is 11.0. The first-order chi connectivity index (χ1) is 9.13. The molecule has 0 aliphatic rings. The Morgan fingerprint density at radius 1 is 1.32 bits per heavy atom. The van der Waals surface area contributed by atoms with Gasteiger partial charge in [-0.1, -0.05) is 22.9 Å². The highest BCUT2D eigenvalue weighted by atomic mass is 127. The van der Waals surface area contributed by atoms with Gasteiger partial charge in [0.05, 0.1) is 6.04 Å². The van der Waals surface area contributed by atoms with Crippen molar-refractivity contribution >= 4 is 49.9 Å². The van der Waals surface area contributed by atoms with Crippen molar-refractivity contribution in [1.82, 2.24) is 5.32 Å². The number of hydrogen-bond acceptors (Lipinski definition) is 2. The standard InChI is InChI=1S/C15H17BrINS/c1-3-7-18-15(12-6-8-19-10(12)2)13-9-11(16)4-5-14(13)17/h4-6,8-9,15,18H,3,7H2,1-2H3. The van der Waals surface area contributed by atoms with E-state index in [-0.39, 0.29) is 6.04 Å². The Bertz CT molecular complexity index is 553. The fourth-order valence-electron chi connectivity index (χ4n) is 2.11. The van der Waals surface area contributed by atoms with E-state index in [1.807, 2.05) is 11.3 Å². The third kappa shape index (κ3) is 3.80. The van der Waals surface area contributed by atoms with Crippen LogP contribution in [0.5, 0.6) is 0 Å². The molecule has 0 bridgehead atoms. The number of thiophene rings is 1. The minimum atomic E-state index is 0.288. The monoisotopic (exact) mass is 449 g/mol. The van der Waals surface area contributed by atoms with Crippen molar-refractivity contribution in [1.29, 1.82) is 0 Å². The summed E-state index contributed by atoms with van der Waals surface area (Å²) in [5.41, 5.74) is 2.75. The summed E-state index contributed by atoms with van der Waals surface area (Å²) in [7, 11) is 0. The molecule has 0 radical (unpaired) electrons. The molecule has 0 aliphatic carbocycles. The Hall–Kier alpha value is 0.0900. The van der Waals surface area contributed by atoms with Gasteiger partial charge < -0.3 is 5.32 Å². The SMILES string of the molecule is CCCNC(c1cc(Br)ccc1I)c1ccsc1C. The minimum absolute atomic E-state index is 0.288. The van der Waals surface area contributed by atoms with Gasteiger partial charge in [-0.2, -0.15) is 0 Å². The lowest BCUT2D eigenvalue weighted by atomic mass is 9.99. The van der Waals surface area contributed by atoms with Crippen molar-refractivity contribution in [2.24, 2.45) is 0 Å². The van der Waals surface area contributed by atoms with Crippen molar-refractivity contribution < 1.29 is 0 Å². The van der Waals surface area contributed by atoms with Crippen molar-refractivity contribution in [3.63, 3.8) is 0 Å². The molecule has 1 heterocycles. The topological polar surface area (TPSA) is 12.0 Å². The lowest BCUT2D eigenvalue weighted by molar-refractivity contribution is 0.596. The van der Waals surface area contributed by atoms with Crippen LogP contribution in [-0.4, -0.2) is 6.54 Å². The van der Waals surface area contributed by atoms with Crippen molar-refractivity contribution in [2.75, 3.05) is 6.54 Å². The molecule has 19 heavy (non-hydrogen) atoms. The van der Waals surface area contributed by atoms with E-state index in [2.05, 4.69) is 87.3 Å². The number of rotatable bonds is 5. The number of hydrogen-bond donors (Lipinski definition) is 1. The van der Waals surface area contributed by atoms with Crippen LogP contribution in [0.25, 0.3) is 0 Å². The fraction of sp³-hybridized carbons (Fsp3) is 0.333. The van der Waals surface area contributed by atoms with Gasteiger partial charge in [0.25, 0.3) is 0 Å². The van der Waals surface area contributed by atoms with Crippen LogP contribution in [0.2, 0.25) is 0 Å². The molecule has 0 saturated heterocycles. The predicted molar refractivity (Wildman–Crippen MR) is 96.1 cm³/mol. The van der Waals surface area contributed by atoms with Gasteiger partial charge in [-0.25, -0.2) is 0 Å².